The summed E-state index contributed by atoms with van der Waals surface area (Å²) in [5.74, 6) is 0. The van der Waals surface area contributed by atoms with Crippen LogP contribution in [0.25, 0.3) is 21.3 Å². The molecule has 0 unspecified atom stereocenters. The van der Waals surface area contributed by atoms with E-state index in [1.807, 2.05) is 60.8 Å². The summed E-state index contributed by atoms with van der Waals surface area (Å²) in [6, 6.07) is 15.8. The molecule has 0 spiro atoms. The molecule has 2 heterocycles. The zero-order valence-electron chi connectivity index (χ0n) is 13.9. The number of hydrogen-bond donors (Lipinski definition) is 0. The van der Waals surface area contributed by atoms with Gasteiger partial charge in [0.05, 0.1) is 11.6 Å². The van der Waals surface area contributed by atoms with Crippen molar-refractivity contribution in [2.24, 2.45) is 5.10 Å². The highest BCUT2D eigenvalue weighted by atomic mass is 79.9. The number of fused-ring (bicyclic) bond motifs is 1. The molecule has 0 saturated carbocycles. The van der Waals surface area contributed by atoms with E-state index in [2.05, 4.69) is 26.0 Å². The van der Waals surface area contributed by atoms with Crippen molar-refractivity contribution in [1.82, 2.24) is 9.66 Å². The first-order chi connectivity index (χ1) is 12.6. The van der Waals surface area contributed by atoms with Crippen LogP contribution in [0, 0.1) is 6.92 Å². The van der Waals surface area contributed by atoms with Gasteiger partial charge < -0.3 is 0 Å². The van der Waals surface area contributed by atoms with Crippen molar-refractivity contribution in [2.45, 2.75) is 6.92 Å². The average molecular weight is 424 g/mol. The monoisotopic (exact) mass is 423 g/mol. The van der Waals surface area contributed by atoms with Crippen LogP contribution in [-0.2, 0) is 0 Å². The number of halogens is 1. The van der Waals surface area contributed by atoms with Gasteiger partial charge >= 0.3 is 0 Å². The molecule has 0 aliphatic heterocycles. The van der Waals surface area contributed by atoms with Gasteiger partial charge in [-0.1, -0.05) is 64.0 Å². The number of benzene rings is 2. The number of rotatable bonds is 3. The molecule has 0 bridgehead atoms. The lowest BCUT2D eigenvalue weighted by Gasteiger charge is -2.02. The molecule has 0 amide bonds. The minimum absolute atomic E-state index is 0.171. The number of hydrogen-bond acceptors (Lipinski definition) is 4. The Morgan fingerprint density at radius 1 is 1.15 bits per heavy atom. The van der Waals surface area contributed by atoms with E-state index < -0.39 is 0 Å². The summed E-state index contributed by atoms with van der Waals surface area (Å²) < 4.78 is 2.20. The van der Waals surface area contributed by atoms with Crippen molar-refractivity contribution in [1.29, 1.82) is 0 Å². The van der Waals surface area contributed by atoms with Crippen molar-refractivity contribution in [3.05, 3.63) is 86.2 Å². The second-order valence-corrected chi connectivity index (χ2v) is 7.57. The van der Waals surface area contributed by atoms with Gasteiger partial charge in [-0.2, -0.15) is 9.78 Å². The average Bonchev–Trinajstić information content (AvgIpc) is 3.08. The molecule has 6 heteroatoms. The predicted molar refractivity (Wildman–Crippen MR) is 111 cm³/mol. The highest BCUT2D eigenvalue weighted by Gasteiger charge is 2.13. The minimum atomic E-state index is -0.171. The van der Waals surface area contributed by atoms with Crippen molar-refractivity contribution in [3.63, 3.8) is 0 Å². The van der Waals surface area contributed by atoms with E-state index in [1.165, 1.54) is 27.9 Å². The van der Waals surface area contributed by atoms with Gasteiger partial charge in [0, 0.05) is 21.0 Å². The molecule has 0 saturated heterocycles. The molecule has 0 atom stereocenters. The zero-order valence-corrected chi connectivity index (χ0v) is 16.3. The lowest BCUT2D eigenvalue weighted by molar-refractivity contribution is 0.819. The predicted octanol–water partition coefficient (Wildman–Crippen LogP) is 5.08. The van der Waals surface area contributed by atoms with Crippen LogP contribution in [0.4, 0.5) is 0 Å². The molecule has 4 nitrogen and oxygen atoms in total. The summed E-state index contributed by atoms with van der Waals surface area (Å²) in [6.07, 6.45) is 3.12. The van der Waals surface area contributed by atoms with Crippen LogP contribution in [0.2, 0.25) is 0 Å². The molecule has 0 aliphatic rings. The smallest absolute Gasteiger partial charge is 0.267 e. The molecular weight excluding hydrogens is 410 g/mol. The first-order valence-electron chi connectivity index (χ1n) is 7.98. The van der Waals surface area contributed by atoms with Crippen LogP contribution < -0.4 is 5.56 Å². The van der Waals surface area contributed by atoms with Crippen LogP contribution in [0.3, 0.4) is 0 Å². The van der Waals surface area contributed by atoms with Crippen LogP contribution >= 0.6 is 27.3 Å². The van der Waals surface area contributed by atoms with Crippen molar-refractivity contribution in [2.75, 3.05) is 0 Å². The number of aryl methyl sites for hydroxylation is 1. The Hall–Kier alpha value is -2.57. The maximum absolute atomic E-state index is 13.0. The second kappa shape index (κ2) is 6.97. The lowest BCUT2D eigenvalue weighted by atomic mass is 10.1. The first kappa shape index (κ1) is 16.9. The molecule has 0 radical (unpaired) electrons. The van der Waals surface area contributed by atoms with Crippen LogP contribution in [0.1, 0.15) is 11.1 Å². The second-order valence-electron chi connectivity index (χ2n) is 5.86. The highest BCUT2D eigenvalue weighted by molar-refractivity contribution is 9.10. The summed E-state index contributed by atoms with van der Waals surface area (Å²) in [6.45, 7) is 2.04. The third kappa shape index (κ3) is 3.13. The molecule has 2 aromatic carbocycles. The van der Waals surface area contributed by atoms with Gasteiger partial charge in [0.15, 0.2) is 0 Å². The van der Waals surface area contributed by atoms with Gasteiger partial charge in [-0.25, -0.2) is 4.98 Å². The van der Waals surface area contributed by atoms with Gasteiger partial charge in [-0.05, 0) is 18.6 Å². The SMILES string of the molecule is Cc1ccc(-c2csc3ncn(N=Cc4ccccc4Br)c(=O)c23)cc1. The fourth-order valence-corrected chi connectivity index (χ4v) is 3.95. The summed E-state index contributed by atoms with van der Waals surface area (Å²) in [7, 11) is 0. The Balaban J connectivity index is 1.82. The highest BCUT2D eigenvalue weighted by Crippen LogP contribution is 2.30. The van der Waals surface area contributed by atoms with Gasteiger partial charge in [0.25, 0.3) is 5.56 Å². The third-order valence-corrected chi connectivity index (χ3v) is 5.68. The summed E-state index contributed by atoms with van der Waals surface area (Å²) in [5, 5.41) is 6.89. The van der Waals surface area contributed by atoms with Gasteiger partial charge in [-0.15, -0.1) is 11.3 Å². The molecule has 0 N–H and O–H groups in total. The molecule has 0 fully saturated rings. The van der Waals surface area contributed by atoms with E-state index in [-0.39, 0.29) is 5.56 Å². The zero-order chi connectivity index (χ0) is 18.1. The molecule has 0 aliphatic carbocycles. The van der Waals surface area contributed by atoms with Crippen LogP contribution in [-0.4, -0.2) is 15.9 Å². The summed E-state index contributed by atoms with van der Waals surface area (Å²) >= 11 is 4.95. The molecular formula is C20H14BrN3OS. The Kier molecular flexibility index (Phi) is 4.53. The van der Waals surface area contributed by atoms with E-state index in [4.69, 9.17) is 0 Å². The fourth-order valence-electron chi connectivity index (χ4n) is 2.66. The van der Waals surface area contributed by atoms with E-state index >= 15 is 0 Å². The fraction of sp³-hybridized carbons (Fsp3) is 0.0500. The van der Waals surface area contributed by atoms with E-state index in [0.717, 1.165) is 26.0 Å². The lowest BCUT2D eigenvalue weighted by Crippen LogP contribution is -2.16. The number of thiophene rings is 1. The minimum Gasteiger partial charge on any atom is -0.267 e. The Bertz CT molecular complexity index is 1180. The maximum atomic E-state index is 13.0. The summed E-state index contributed by atoms with van der Waals surface area (Å²) in [5.41, 5.74) is 3.81. The molecule has 2 aromatic heterocycles. The van der Waals surface area contributed by atoms with Crippen molar-refractivity contribution in [3.8, 4) is 11.1 Å². The van der Waals surface area contributed by atoms with Gasteiger partial charge in [0.2, 0.25) is 0 Å². The number of nitrogens with zero attached hydrogens (tertiary/aromatic N) is 3. The Morgan fingerprint density at radius 3 is 2.69 bits per heavy atom. The van der Waals surface area contributed by atoms with E-state index in [1.54, 1.807) is 6.21 Å². The molecule has 4 rings (SSSR count). The quantitative estimate of drug-likeness (QED) is 0.431. The van der Waals surface area contributed by atoms with Crippen LogP contribution in [0.15, 0.2) is 74.6 Å². The molecule has 26 heavy (non-hydrogen) atoms. The Morgan fingerprint density at radius 2 is 1.92 bits per heavy atom. The molecule has 4 aromatic rings. The van der Waals surface area contributed by atoms with Crippen LogP contribution in [0.5, 0.6) is 0 Å². The van der Waals surface area contributed by atoms with E-state index in [0.29, 0.717) is 5.39 Å². The van der Waals surface area contributed by atoms with E-state index in [9.17, 15) is 4.79 Å². The topological polar surface area (TPSA) is 47.2 Å². The molecule has 128 valence electrons. The van der Waals surface area contributed by atoms with Crippen molar-refractivity contribution < 1.29 is 0 Å². The largest absolute Gasteiger partial charge is 0.283 e. The summed E-state index contributed by atoms with van der Waals surface area (Å²) in [4.78, 5) is 18.1. The normalized spacial score (nSPS) is 11.5. The maximum Gasteiger partial charge on any atom is 0.283 e. The number of aromatic nitrogens is 2. The van der Waals surface area contributed by atoms with Gasteiger partial charge in [0.1, 0.15) is 11.2 Å². The van der Waals surface area contributed by atoms with Gasteiger partial charge in [-0.3, -0.25) is 4.79 Å². The van der Waals surface area contributed by atoms with Crippen molar-refractivity contribution >= 4 is 43.7 Å². The first-order valence-corrected chi connectivity index (χ1v) is 9.65. The standard InChI is InChI=1S/C20H14BrN3OS/c1-13-6-8-14(9-7-13)16-11-26-19-18(16)20(25)24(12-22-19)23-10-15-4-2-3-5-17(15)21/h2-12H,1H3. The Labute approximate surface area is 162 Å². The third-order valence-electron chi connectivity index (χ3n) is 4.07.